The lowest BCUT2D eigenvalue weighted by molar-refractivity contribution is -0.384. The maximum absolute atomic E-state index is 12.4. The molecule has 0 saturated carbocycles. The Balaban J connectivity index is 1.86. The number of benzene rings is 2. The number of nitrogens with zero attached hydrogens (tertiary/aromatic N) is 2. The number of non-ortho nitro benzene ring substituents is 1. The summed E-state index contributed by atoms with van der Waals surface area (Å²) in [5.41, 5.74) is 1.08. The van der Waals surface area contributed by atoms with Crippen molar-refractivity contribution in [1.29, 1.82) is 0 Å². The smallest absolute Gasteiger partial charge is 0.270 e. The number of nitro benzene ring substituents is 1. The molecular formula is C20H19N3O6. The van der Waals surface area contributed by atoms with Gasteiger partial charge in [-0.2, -0.15) is 0 Å². The zero-order valence-corrected chi connectivity index (χ0v) is 16.0. The maximum Gasteiger partial charge on any atom is 0.270 e. The number of hydrogen-bond acceptors (Lipinski definition) is 7. The van der Waals surface area contributed by atoms with E-state index in [0.717, 1.165) is 0 Å². The van der Waals surface area contributed by atoms with Crippen LogP contribution in [0.25, 0.3) is 11.1 Å². The number of nitro groups is 1. The van der Waals surface area contributed by atoms with Gasteiger partial charge in [-0.1, -0.05) is 17.3 Å². The fourth-order valence-corrected chi connectivity index (χ4v) is 2.63. The minimum Gasteiger partial charge on any atom is -0.497 e. The van der Waals surface area contributed by atoms with Gasteiger partial charge in [0.25, 0.3) is 11.6 Å². The van der Waals surface area contributed by atoms with Crippen LogP contribution in [0.3, 0.4) is 0 Å². The van der Waals surface area contributed by atoms with Crippen LogP contribution in [0.1, 0.15) is 12.7 Å². The van der Waals surface area contributed by atoms with E-state index in [1.807, 2.05) is 0 Å². The Morgan fingerprint density at radius 2 is 1.93 bits per heavy atom. The van der Waals surface area contributed by atoms with Gasteiger partial charge in [-0.3, -0.25) is 14.9 Å². The standard InChI is InChI=1S/C20H19N3O6/c1-12-10-19(22-29-12)21-20(24)13(2)28-18-9-6-15(23(25)26)11-17(18)14-4-7-16(27-3)8-5-14/h4-11,13H,1-3H3,(H,21,22,24)/t13-/m1/s1. The summed E-state index contributed by atoms with van der Waals surface area (Å²) in [4.78, 5) is 23.1. The second kappa shape index (κ2) is 8.42. The van der Waals surface area contributed by atoms with Crippen LogP contribution in [0.5, 0.6) is 11.5 Å². The van der Waals surface area contributed by atoms with Crippen LogP contribution in [0.15, 0.2) is 53.1 Å². The average molecular weight is 397 g/mol. The predicted molar refractivity (Wildman–Crippen MR) is 105 cm³/mol. The lowest BCUT2D eigenvalue weighted by atomic mass is 10.0. The molecule has 1 atom stereocenters. The number of carbonyl (C=O) groups excluding carboxylic acids is 1. The van der Waals surface area contributed by atoms with Crippen molar-refractivity contribution in [3.8, 4) is 22.6 Å². The highest BCUT2D eigenvalue weighted by Gasteiger charge is 2.20. The van der Waals surface area contributed by atoms with Gasteiger partial charge in [0, 0.05) is 23.8 Å². The summed E-state index contributed by atoms with van der Waals surface area (Å²) in [6.45, 7) is 3.28. The number of hydrogen-bond donors (Lipinski definition) is 1. The zero-order valence-electron chi connectivity index (χ0n) is 16.0. The molecule has 9 heteroatoms. The Morgan fingerprint density at radius 3 is 2.52 bits per heavy atom. The van der Waals surface area contributed by atoms with Crippen molar-refractivity contribution in [1.82, 2.24) is 5.16 Å². The van der Waals surface area contributed by atoms with E-state index < -0.39 is 16.9 Å². The topological polar surface area (TPSA) is 117 Å². The number of aryl methyl sites for hydroxylation is 1. The van der Waals surface area contributed by atoms with E-state index in [2.05, 4.69) is 10.5 Å². The molecule has 9 nitrogen and oxygen atoms in total. The molecule has 0 aliphatic heterocycles. The molecule has 0 radical (unpaired) electrons. The quantitative estimate of drug-likeness (QED) is 0.473. The zero-order chi connectivity index (χ0) is 21.0. The first-order valence-corrected chi connectivity index (χ1v) is 8.71. The molecule has 0 bridgehead atoms. The molecule has 0 aliphatic carbocycles. The van der Waals surface area contributed by atoms with Gasteiger partial charge in [0.1, 0.15) is 17.3 Å². The average Bonchev–Trinajstić information content (AvgIpc) is 3.12. The van der Waals surface area contributed by atoms with Crippen molar-refractivity contribution >= 4 is 17.4 Å². The van der Waals surface area contributed by atoms with Crippen molar-refractivity contribution in [3.63, 3.8) is 0 Å². The van der Waals surface area contributed by atoms with Crippen molar-refractivity contribution in [2.45, 2.75) is 20.0 Å². The Labute approximate surface area is 166 Å². The van der Waals surface area contributed by atoms with E-state index in [9.17, 15) is 14.9 Å². The van der Waals surface area contributed by atoms with Crippen LogP contribution in [0.4, 0.5) is 11.5 Å². The molecule has 1 aromatic heterocycles. The second-order valence-electron chi connectivity index (χ2n) is 6.24. The van der Waals surface area contributed by atoms with Crippen LogP contribution in [-0.4, -0.2) is 29.2 Å². The summed E-state index contributed by atoms with van der Waals surface area (Å²) >= 11 is 0. The number of carbonyl (C=O) groups is 1. The molecule has 3 aromatic rings. The Morgan fingerprint density at radius 1 is 1.21 bits per heavy atom. The van der Waals surface area contributed by atoms with E-state index in [4.69, 9.17) is 14.0 Å². The first kappa shape index (κ1) is 19.9. The van der Waals surface area contributed by atoms with E-state index in [0.29, 0.717) is 28.4 Å². The third-order valence-corrected chi connectivity index (χ3v) is 4.13. The fraction of sp³-hybridized carbons (Fsp3) is 0.200. The molecule has 0 fully saturated rings. The lowest BCUT2D eigenvalue weighted by Crippen LogP contribution is -2.30. The molecule has 0 unspecified atom stereocenters. The molecule has 3 rings (SSSR count). The minimum absolute atomic E-state index is 0.0849. The Kier molecular flexibility index (Phi) is 5.77. The highest BCUT2D eigenvalue weighted by molar-refractivity contribution is 5.93. The van der Waals surface area contributed by atoms with Crippen LogP contribution in [0.2, 0.25) is 0 Å². The van der Waals surface area contributed by atoms with E-state index >= 15 is 0 Å². The number of methoxy groups -OCH3 is 1. The summed E-state index contributed by atoms with van der Waals surface area (Å²) in [5.74, 6) is 1.39. The van der Waals surface area contributed by atoms with Crippen LogP contribution >= 0.6 is 0 Å². The van der Waals surface area contributed by atoms with Crippen LogP contribution < -0.4 is 14.8 Å². The monoisotopic (exact) mass is 397 g/mol. The summed E-state index contributed by atoms with van der Waals surface area (Å²) < 4.78 is 15.9. The summed E-state index contributed by atoms with van der Waals surface area (Å²) in [5, 5.41) is 17.5. The molecule has 0 saturated heterocycles. The van der Waals surface area contributed by atoms with Gasteiger partial charge in [-0.25, -0.2) is 0 Å². The third-order valence-electron chi connectivity index (χ3n) is 4.13. The van der Waals surface area contributed by atoms with Crippen LogP contribution in [-0.2, 0) is 4.79 Å². The van der Waals surface area contributed by atoms with Gasteiger partial charge in [-0.05, 0) is 37.6 Å². The lowest BCUT2D eigenvalue weighted by Gasteiger charge is -2.17. The number of aromatic nitrogens is 1. The van der Waals surface area contributed by atoms with Crippen LogP contribution in [0, 0.1) is 17.0 Å². The first-order valence-electron chi connectivity index (χ1n) is 8.71. The van der Waals surface area contributed by atoms with E-state index in [1.54, 1.807) is 51.3 Å². The van der Waals surface area contributed by atoms with Crippen molar-refractivity contribution in [2.75, 3.05) is 12.4 Å². The molecule has 150 valence electrons. The Hall–Kier alpha value is -3.88. The first-order chi connectivity index (χ1) is 13.9. The van der Waals surface area contributed by atoms with Crippen molar-refractivity contribution in [3.05, 3.63) is 64.4 Å². The number of rotatable bonds is 7. The summed E-state index contributed by atoms with van der Waals surface area (Å²) in [7, 11) is 1.55. The molecule has 29 heavy (non-hydrogen) atoms. The minimum atomic E-state index is -0.884. The highest BCUT2D eigenvalue weighted by atomic mass is 16.6. The molecule has 0 spiro atoms. The predicted octanol–water partition coefficient (Wildman–Crippen LogP) is 3.97. The van der Waals surface area contributed by atoms with Gasteiger partial charge in [-0.15, -0.1) is 0 Å². The van der Waals surface area contributed by atoms with E-state index in [1.165, 1.54) is 18.2 Å². The van der Waals surface area contributed by atoms with Gasteiger partial charge in [0.2, 0.25) is 0 Å². The van der Waals surface area contributed by atoms with Crippen molar-refractivity contribution < 1.29 is 23.7 Å². The fourth-order valence-electron chi connectivity index (χ4n) is 2.63. The maximum atomic E-state index is 12.4. The number of ether oxygens (including phenoxy) is 2. The van der Waals surface area contributed by atoms with Crippen molar-refractivity contribution in [2.24, 2.45) is 0 Å². The number of anilines is 1. The molecule has 1 amide bonds. The largest absolute Gasteiger partial charge is 0.497 e. The number of nitrogens with one attached hydrogen (secondary N) is 1. The van der Waals surface area contributed by atoms with Gasteiger partial charge >= 0.3 is 0 Å². The summed E-state index contributed by atoms with van der Waals surface area (Å²) in [6.07, 6.45) is -0.884. The molecular weight excluding hydrogens is 378 g/mol. The molecule has 1 heterocycles. The molecule has 2 aromatic carbocycles. The molecule has 1 N–H and O–H groups in total. The molecule has 0 aliphatic rings. The van der Waals surface area contributed by atoms with Gasteiger partial charge in [0.15, 0.2) is 11.9 Å². The SMILES string of the molecule is COc1ccc(-c2cc([N+](=O)[O-])ccc2O[C@H](C)C(=O)Nc2cc(C)on2)cc1. The number of amides is 1. The normalized spacial score (nSPS) is 11.6. The highest BCUT2D eigenvalue weighted by Crippen LogP contribution is 2.35. The van der Waals surface area contributed by atoms with E-state index in [-0.39, 0.29) is 11.5 Å². The van der Waals surface area contributed by atoms with Gasteiger partial charge < -0.3 is 19.3 Å². The van der Waals surface area contributed by atoms with Gasteiger partial charge in [0.05, 0.1) is 12.0 Å². The second-order valence-corrected chi connectivity index (χ2v) is 6.24. The summed E-state index contributed by atoms with van der Waals surface area (Å²) in [6, 6.07) is 12.8. The Bertz CT molecular complexity index is 1030. The third kappa shape index (κ3) is 4.70.